The summed E-state index contributed by atoms with van der Waals surface area (Å²) in [6.45, 7) is 6.40. The van der Waals surface area contributed by atoms with Crippen molar-refractivity contribution in [2.24, 2.45) is 0 Å². The first-order chi connectivity index (χ1) is 15.3. The summed E-state index contributed by atoms with van der Waals surface area (Å²) in [6.07, 6.45) is 0.250. The monoisotopic (exact) mass is 448 g/mol. The van der Waals surface area contributed by atoms with E-state index in [4.69, 9.17) is 0 Å². The van der Waals surface area contributed by atoms with Crippen LogP contribution in [0.25, 0.3) is 16.9 Å². The zero-order valence-electron chi connectivity index (χ0n) is 18.6. The van der Waals surface area contributed by atoms with Crippen molar-refractivity contribution in [3.63, 3.8) is 0 Å². The fourth-order valence-corrected chi connectivity index (χ4v) is 4.69. The second-order valence-corrected chi connectivity index (χ2v) is 9.12. The highest BCUT2D eigenvalue weighted by Gasteiger charge is 2.20. The van der Waals surface area contributed by atoms with Crippen LogP contribution in [0, 0.1) is 26.6 Å². The van der Waals surface area contributed by atoms with Crippen LogP contribution in [0.1, 0.15) is 26.8 Å². The summed E-state index contributed by atoms with van der Waals surface area (Å²) in [6, 6.07) is 16.2. The van der Waals surface area contributed by atoms with Gasteiger partial charge in [0.05, 0.1) is 28.5 Å². The van der Waals surface area contributed by atoms with Gasteiger partial charge >= 0.3 is 0 Å². The average molecular weight is 449 g/mol. The van der Waals surface area contributed by atoms with Crippen LogP contribution < -0.4 is 0 Å². The van der Waals surface area contributed by atoms with Crippen molar-refractivity contribution in [2.45, 2.75) is 33.7 Å². The first-order valence-corrected chi connectivity index (χ1v) is 11.2. The highest BCUT2D eigenvalue weighted by Crippen LogP contribution is 2.29. The lowest BCUT2D eigenvalue weighted by molar-refractivity contribution is -0.129. The number of para-hydroxylation sites is 1. The van der Waals surface area contributed by atoms with Gasteiger partial charge in [0.1, 0.15) is 5.82 Å². The molecule has 7 heteroatoms. The summed E-state index contributed by atoms with van der Waals surface area (Å²) < 4.78 is 15.2. The molecule has 0 unspecified atom stereocenters. The third-order valence-corrected chi connectivity index (χ3v) is 6.47. The number of aromatic nitrogens is 3. The minimum atomic E-state index is -0.292. The Hall–Kier alpha value is -3.32. The van der Waals surface area contributed by atoms with Gasteiger partial charge in [0, 0.05) is 35.3 Å². The van der Waals surface area contributed by atoms with Crippen molar-refractivity contribution >= 4 is 17.2 Å². The largest absolute Gasteiger partial charge is 0.341 e. The van der Waals surface area contributed by atoms with Crippen molar-refractivity contribution < 1.29 is 9.18 Å². The molecule has 0 aliphatic carbocycles. The molecule has 32 heavy (non-hydrogen) atoms. The van der Waals surface area contributed by atoms with E-state index in [9.17, 15) is 9.18 Å². The van der Waals surface area contributed by atoms with Gasteiger partial charge < -0.3 is 4.90 Å². The Morgan fingerprint density at radius 3 is 2.44 bits per heavy atom. The van der Waals surface area contributed by atoms with Crippen molar-refractivity contribution in [3.05, 3.63) is 87.3 Å². The van der Waals surface area contributed by atoms with Crippen molar-refractivity contribution in [1.82, 2.24) is 19.7 Å². The van der Waals surface area contributed by atoms with Crippen LogP contribution in [0.15, 0.2) is 54.6 Å². The lowest BCUT2D eigenvalue weighted by Gasteiger charge is -2.17. The number of likely N-dealkylation sites (N-methyl/N-ethyl adjacent to an activating group) is 1. The van der Waals surface area contributed by atoms with Gasteiger partial charge in [-0.3, -0.25) is 4.79 Å². The molecule has 0 radical (unpaired) electrons. The standard InChI is InChI=1S/C25H25FN4OS/c1-16-22(17(2)30(28-16)21-8-6-5-7-9-21)15-29(4)24(31)14-23-25(27-18(3)32-23)19-10-12-20(26)13-11-19/h5-13H,14-15H2,1-4H3. The molecule has 2 aromatic heterocycles. The van der Waals surface area contributed by atoms with Crippen molar-refractivity contribution in [2.75, 3.05) is 7.05 Å². The van der Waals surface area contributed by atoms with Crippen LogP contribution in [-0.2, 0) is 17.8 Å². The highest BCUT2D eigenvalue weighted by molar-refractivity contribution is 7.12. The van der Waals surface area contributed by atoms with Crippen molar-refractivity contribution in [1.29, 1.82) is 0 Å². The number of amides is 1. The molecule has 2 aromatic carbocycles. The minimum Gasteiger partial charge on any atom is -0.341 e. The number of halogens is 1. The van der Waals surface area contributed by atoms with E-state index in [0.29, 0.717) is 6.54 Å². The van der Waals surface area contributed by atoms with E-state index in [1.165, 1.54) is 23.5 Å². The van der Waals surface area contributed by atoms with E-state index in [1.807, 2.05) is 62.8 Å². The van der Waals surface area contributed by atoms with Crippen LogP contribution in [0.5, 0.6) is 0 Å². The fraction of sp³-hybridized carbons (Fsp3) is 0.240. The number of aryl methyl sites for hydroxylation is 2. The molecule has 0 fully saturated rings. The first kappa shape index (κ1) is 21.9. The number of carbonyl (C=O) groups excluding carboxylic acids is 1. The second-order valence-electron chi connectivity index (χ2n) is 7.83. The normalized spacial score (nSPS) is 11.0. The summed E-state index contributed by atoms with van der Waals surface area (Å²) in [7, 11) is 1.81. The third-order valence-electron chi connectivity index (χ3n) is 5.50. The lowest BCUT2D eigenvalue weighted by Crippen LogP contribution is -2.28. The fourth-order valence-electron chi connectivity index (χ4n) is 3.74. The summed E-state index contributed by atoms with van der Waals surface area (Å²) in [5, 5.41) is 5.56. The number of nitrogens with zero attached hydrogens (tertiary/aromatic N) is 4. The summed E-state index contributed by atoms with van der Waals surface area (Å²) in [4.78, 5) is 20.3. The Bertz CT molecular complexity index is 1250. The number of benzene rings is 2. The molecule has 0 aliphatic rings. The maximum Gasteiger partial charge on any atom is 0.227 e. The SMILES string of the molecule is Cc1nc(-c2ccc(F)cc2)c(CC(=O)N(C)Cc2c(C)nn(-c3ccccc3)c2C)s1. The molecule has 0 saturated heterocycles. The maximum atomic E-state index is 13.3. The van der Waals surface area contributed by atoms with Gasteiger partial charge in [-0.05, 0) is 57.2 Å². The first-order valence-electron chi connectivity index (χ1n) is 10.4. The molecule has 1 amide bonds. The van der Waals surface area contributed by atoms with Gasteiger partial charge in [0.25, 0.3) is 0 Å². The van der Waals surface area contributed by atoms with Gasteiger partial charge in [0.15, 0.2) is 0 Å². The second kappa shape index (κ2) is 9.04. The van der Waals surface area contributed by atoms with Gasteiger partial charge in [-0.15, -0.1) is 11.3 Å². The molecular weight excluding hydrogens is 423 g/mol. The molecule has 164 valence electrons. The zero-order valence-corrected chi connectivity index (χ0v) is 19.4. The van der Waals surface area contributed by atoms with E-state index in [-0.39, 0.29) is 18.1 Å². The predicted molar refractivity (Wildman–Crippen MR) is 125 cm³/mol. The quantitative estimate of drug-likeness (QED) is 0.404. The zero-order chi connectivity index (χ0) is 22.8. The Morgan fingerprint density at radius 1 is 1.06 bits per heavy atom. The van der Waals surface area contributed by atoms with Gasteiger partial charge in [-0.1, -0.05) is 18.2 Å². The number of rotatable bonds is 6. The number of hydrogen-bond donors (Lipinski definition) is 0. The van der Waals surface area contributed by atoms with Crippen LogP contribution in [0.2, 0.25) is 0 Å². The molecular formula is C25H25FN4OS. The molecule has 4 aromatic rings. The van der Waals surface area contributed by atoms with E-state index < -0.39 is 0 Å². The Balaban J connectivity index is 1.53. The summed E-state index contributed by atoms with van der Waals surface area (Å²) >= 11 is 1.50. The van der Waals surface area contributed by atoms with Crippen LogP contribution >= 0.6 is 11.3 Å². The van der Waals surface area contributed by atoms with Crippen LogP contribution in [-0.4, -0.2) is 32.6 Å². The van der Waals surface area contributed by atoms with Gasteiger partial charge in [-0.2, -0.15) is 5.10 Å². The molecule has 0 spiro atoms. The number of carbonyl (C=O) groups is 1. The molecule has 5 nitrogen and oxygen atoms in total. The van der Waals surface area contributed by atoms with Crippen LogP contribution in [0.3, 0.4) is 0 Å². The molecule has 0 saturated carbocycles. The van der Waals surface area contributed by atoms with E-state index in [2.05, 4.69) is 10.1 Å². The molecule has 0 atom stereocenters. The lowest BCUT2D eigenvalue weighted by atomic mass is 10.1. The topological polar surface area (TPSA) is 51.0 Å². The number of hydrogen-bond acceptors (Lipinski definition) is 4. The Kier molecular flexibility index (Phi) is 6.19. The molecule has 4 rings (SSSR count). The van der Waals surface area contributed by atoms with E-state index >= 15 is 0 Å². The summed E-state index contributed by atoms with van der Waals surface area (Å²) in [5.41, 5.74) is 5.54. The van der Waals surface area contributed by atoms with Crippen LogP contribution in [0.4, 0.5) is 4.39 Å². The predicted octanol–water partition coefficient (Wildman–Crippen LogP) is 5.26. The average Bonchev–Trinajstić information content (AvgIpc) is 3.28. The molecule has 2 heterocycles. The molecule has 0 bridgehead atoms. The summed E-state index contributed by atoms with van der Waals surface area (Å²) in [5.74, 6) is -0.289. The van der Waals surface area contributed by atoms with Gasteiger partial charge in [-0.25, -0.2) is 14.1 Å². The maximum absolute atomic E-state index is 13.3. The minimum absolute atomic E-state index is 0.00303. The smallest absolute Gasteiger partial charge is 0.227 e. The number of thiazole rings is 1. The highest BCUT2D eigenvalue weighted by atomic mass is 32.1. The van der Waals surface area contributed by atoms with Gasteiger partial charge in [0.2, 0.25) is 5.91 Å². The van der Waals surface area contributed by atoms with E-state index in [0.717, 1.165) is 43.8 Å². The molecule has 0 aliphatic heterocycles. The third kappa shape index (κ3) is 4.48. The Morgan fingerprint density at radius 2 is 1.75 bits per heavy atom. The Labute approximate surface area is 191 Å². The molecule has 0 N–H and O–H groups in total. The van der Waals surface area contributed by atoms with E-state index in [1.54, 1.807) is 17.0 Å². The van der Waals surface area contributed by atoms with Crippen molar-refractivity contribution in [3.8, 4) is 16.9 Å².